The number of likely N-dealkylation sites (tertiary alicyclic amines) is 1. The van der Waals surface area contributed by atoms with Crippen LogP contribution in [0.3, 0.4) is 0 Å². The largest absolute Gasteiger partial charge is 0.480 e. The highest BCUT2D eigenvalue weighted by atomic mass is 16.6. The summed E-state index contributed by atoms with van der Waals surface area (Å²) in [4.78, 5) is 26.1. The number of fused-ring (bicyclic) bond motifs is 3. The van der Waals surface area contributed by atoms with Gasteiger partial charge in [-0.25, -0.2) is 0 Å². The van der Waals surface area contributed by atoms with Crippen molar-refractivity contribution < 1.29 is 19.4 Å². The zero-order valence-corrected chi connectivity index (χ0v) is 14.7. The van der Waals surface area contributed by atoms with Gasteiger partial charge in [-0.2, -0.15) is 0 Å². The fourth-order valence-corrected chi connectivity index (χ4v) is 5.63. The van der Waals surface area contributed by atoms with E-state index >= 15 is 0 Å². The molecule has 0 aromatic rings. The van der Waals surface area contributed by atoms with E-state index in [1.165, 1.54) is 11.1 Å². The molecule has 136 valence electrons. The molecule has 0 spiro atoms. The lowest BCUT2D eigenvalue weighted by molar-refractivity contribution is -0.148. The maximum atomic E-state index is 12.6. The molecule has 2 saturated carbocycles. The lowest BCUT2D eigenvalue weighted by atomic mass is 9.79. The number of rotatable bonds is 3. The van der Waals surface area contributed by atoms with Crippen LogP contribution < -0.4 is 0 Å². The number of aliphatic carboxylic acids is 1. The van der Waals surface area contributed by atoms with Crippen molar-refractivity contribution in [3.63, 3.8) is 0 Å². The summed E-state index contributed by atoms with van der Waals surface area (Å²) < 4.78 is 5.88. The van der Waals surface area contributed by atoms with Crippen LogP contribution >= 0.6 is 0 Å². The van der Waals surface area contributed by atoms with Crippen molar-refractivity contribution in [3.05, 3.63) is 24.3 Å². The number of esters is 1. The molecule has 6 atom stereocenters. The summed E-state index contributed by atoms with van der Waals surface area (Å²) in [5.74, 6) is -0.375. The SMILES string of the molecule is C=C1CC[C@H]2C(=C)CC[C@@H]3[C@H](OC(=O)[C@H]3CN3CCC[C@@H]3C(=O)O)[C@@H]12. The molecule has 0 amide bonds. The third-order valence-corrected chi connectivity index (χ3v) is 6.93. The standard InChI is InChI=1S/C20H27NO4/c1-11-5-8-14-15(10-21-9-3-4-16(21)19(22)23)20(24)25-18(14)17-12(2)6-7-13(11)17/h13-18H,1-10H2,(H,22,23)/t13-,14-,15-,16+,17-,18-/m0/s1. The van der Waals surface area contributed by atoms with Gasteiger partial charge in [0, 0.05) is 18.4 Å². The molecule has 2 heterocycles. The average molecular weight is 345 g/mol. The van der Waals surface area contributed by atoms with Crippen LogP contribution in [-0.4, -0.2) is 47.2 Å². The van der Waals surface area contributed by atoms with Gasteiger partial charge < -0.3 is 9.84 Å². The Kier molecular flexibility index (Phi) is 4.22. The van der Waals surface area contributed by atoms with Gasteiger partial charge in [0.05, 0.1) is 5.92 Å². The molecule has 4 rings (SSSR count). The summed E-state index contributed by atoms with van der Waals surface area (Å²) >= 11 is 0. The van der Waals surface area contributed by atoms with Crippen molar-refractivity contribution >= 4 is 11.9 Å². The minimum Gasteiger partial charge on any atom is -0.480 e. The Hall–Kier alpha value is -1.62. The van der Waals surface area contributed by atoms with Crippen molar-refractivity contribution in [1.82, 2.24) is 4.90 Å². The number of carboxylic acid groups (broad SMARTS) is 1. The number of nitrogens with zero attached hydrogens (tertiary/aromatic N) is 1. The van der Waals surface area contributed by atoms with E-state index < -0.39 is 12.0 Å². The Balaban J connectivity index is 1.56. The second-order valence-electron chi connectivity index (χ2n) is 8.19. The molecule has 5 nitrogen and oxygen atoms in total. The van der Waals surface area contributed by atoms with Gasteiger partial charge in [0.2, 0.25) is 0 Å². The average Bonchev–Trinajstić information content (AvgIpc) is 3.22. The highest BCUT2D eigenvalue weighted by Crippen LogP contribution is 2.52. The number of allylic oxidation sites excluding steroid dienone is 1. The van der Waals surface area contributed by atoms with E-state index in [9.17, 15) is 14.7 Å². The van der Waals surface area contributed by atoms with Gasteiger partial charge in [-0.15, -0.1) is 0 Å². The van der Waals surface area contributed by atoms with Crippen LogP contribution in [0.2, 0.25) is 0 Å². The molecule has 0 unspecified atom stereocenters. The van der Waals surface area contributed by atoms with Gasteiger partial charge in [0.15, 0.2) is 0 Å². The molecule has 0 radical (unpaired) electrons. The predicted molar refractivity (Wildman–Crippen MR) is 92.8 cm³/mol. The number of hydrogen-bond acceptors (Lipinski definition) is 4. The fourth-order valence-electron chi connectivity index (χ4n) is 5.63. The van der Waals surface area contributed by atoms with Crippen molar-refractivity contribution in [2.75, 3.05) is 13.1 Å². The summed E-state index contributed by atoms with van der Waals surface area (Å²) in [7, 11) is 0. The van der Waals surface area contributed by atoms with Gasteiger partial charge in [-0.3, -0.25) is 14.5 Å². The first kappa shape index (κ1) is 16.8. The number of carboxylic acids is 1. The fraction of sp³-hybridized carbons (Fsp3) is 0.700. The summed E-state index contributed by atoms with van der Waals surface area (Å²) in [6.45, 7) is 9.80. The third-order valence-electron chi connectivity index (χ3n) is 6.93. The van der Waals surface area contributed by atoms with Crippen molar-refractivity contribution in [2.24, 2.45) is 23.7 Å². The van der Waals surface area contributed by atoms with E-state index in [2.05, 4.69) is 13.2 Å². The Morgan fingerprint density at radius 2 is 1.96 bits per heavy atom. The van der Waals surface area contributed by atoms with Crippen LogP contribution in [0.15, 0.2) is 24.3 Å². The lowest BCUT2D eigenvalue weighted by Gasteiger charge is -2.28. The quantitative estimate of drug-likeness (QED) is 0.629. The molecule has 2 saturated heterocycles. The molecule has 0 aromatic heterocycles. The van der Waals surface area contributed by atoms with E-state index in [0.29, 0.717) is 18.9 Å². The van der Waals surface area contributed by atoms with Gasteiger partial charge in [0.1, 0.15) is 12.1 Å². The first-order valence-corrected chi connectivity index (χ1v) is 9.50. The van der Waals surface area contributed by atoms with Crippen molar-refractivity contribution in [2.45, 2.75) is 50.7 Å². The van der Waals surface area contributed by atoms with Crippen molar-refractivity contribution in [1.29, 1.82) is 0 Å². The molecule has 5 heteroatoms. The molecule has 0 bridgehead atoms. The maximum Gasteiger partial charge on any atom is 0.320 e. The van der Waals surface area contributed by atoms with Crippen molar-refractivity contribution in [3.8, 4) is 0 Å². The summed E-state index contributed by atoms with van der Waals surface area (Å²) in [6, 6.07) is -0.457. The Morgan fingerprint density at radius 3 is 2.72 bits per heavy atom. The molecule has 25 heavy (non-hydrogen) atoms. The molecule has 0 aromatic carbocycles. The second kappa shape index (κ2) is 6.27. The van der Waals surface area contributed by atoms with E-state index in [-0.39, 0.29) is 29.8 Å². The number of carbonyl (C=O) groups is 2. The lowest BCUT2D eigenvalue weighted by Crippen LogP contribution is -2.42. The third kappa shape index (κ3) is 2.73. The summed E-state index contributed by atoms with van der Waals surface area (Å²) in [6.07, 6.45) is 5.36. The summed E-state index contributed by atoms with van der Waals surface area (Å²) in [5.41, 5.74) is 2.47. The smallest absolute Gasteiger partial charge is 0.320 e. The van der Waals surface area contributed by atoms with E-state index in [1.807, 2.05) is 4.90 Å². The first-order valence-electron chi connectivity index (χ1n) is 9.50. The number of ether oxygens (including phenoxy) is 1. The molecule has 2 aliphatic carbocycles. The van der Waals surface area contributed by atoms with Gasteiger partial charge in [0.25, 0.3) is 0 Å². The molecular weight excluding hydrogens is 318 g/mol. The monoisotopic (exact) mass is 345 g/mol. The zero-order chi connectivity index (χ0) is 17.7. The van der Waals surface area contributed by atoms with Crippen LogP contribution in [0.5, 0.6) is 0 Å². The second-order valence-corrected chi connectivity index (χ2v) is 8.19. The van der Waals surface area contributed by atoms with E-state index in [0.717, 1.165) is 38.6 Å². The molecule has 1 N–H and O–H groups in total. The Labute approximate surface area is 148 Å². The minimum absolute atomic E-state index is 0.0948. The normalized spacial score (nSPS) is 41.4. The zero-order valence-electron chi connectivity index (χ0n) is 14.7. The molecular formula is C20H27NO4. The van der Waals surface area contributed by atoms with E-state index in [4.69, 9.17) is 4.74 Å². The Bertz CT molecular complexity index is 627. The van der Waals surface area contributed by atoms with Crippen LogP contribution in [0.25, 0.3) is 0 Å². The van der Waals surface area contributed by atoms with E-state index in [1.54, 1.807) is 0 Å². The molecule has 4 aliphatic rings. The maximum absolute atomic E-state index is 12.6. The topological polar surface area (TPSA) is 66.8 Å². The number of hydrogen-bond donors (Lipinski definition) is 1. The minimum atomic E-state index is -0.779. The Morgan fingerprint density at radius 1 is 1.20 bits per heavy atom. The highest BCUT2D eigenvalue weighted by Gasteiger charge is 2.54. The predicted octanol–water partition coefficient (Wildman–Crippen LogP) is 2.63. The highest BCUT2D eigenvalue weighted by molar-refractivity contribution is 5.77. The van der Waals surface area contributed by atoms with Gasteiger partial charge in [-0.05, 0) is 51.0 Å². The van der Waals surface area contributed by atoms with Crippen LogP contribution in [0.4, 0.5) is 0 Å². The van der Waals surface area contributed by atoms with Crippen LogP contribution in [0.1, 0.15) is 38.5 Å². The van der Waals surface area contributed by atoms with Crippen LogP contribution in [-0.2, 0) is 14.3 Å². The molecule has 4 fully saturated rings. The van der Waals surface area contributed by atoms with Crippen LogP contribution in [0, 0.1) is 23.7 Å². The first-order chi connectivity index (χ1) is 12.0. The van der Waals surface area contributed by atoms with Gasteiger partial charge >= 0.3 is 11.9 Å². The molecule has 2 aliphatic heterocycles. The number of carbonyl (C=O) groups excluding carboxylic acids is 1. The van der Waals surface area contributed by atoms with Gasteiger partial charge in [-0.1, -0.05) is 24.3 Å². The summed E-state index contributed by atoms with van der Waals surface area (Å²) in [5, 5.41) is 9.41.